The molecule has 3 rings (SSSR count). The smallest absolute Gasteiger partial charge is 0.0413 e. The first-order valence-electron chi connectivity index (χ1n) is 7.52. The number of benzene rings is 2. The van der Waals surface area contributed by atoms with Crippen molar-refractivity contribution in [1.29, 1.82) is 0 Å². The van der Waals surface area contributed by atoms with Gasteiger partial charge in [-0.05, 0) is 47.9 Å². The Kier molecular flexibility index (Phi) is 4.71. The molecule has 0 amide bonds. The number of allylic oxidation sites excluding steroid dienone is 4. The van der Waals surface area contributed by atoms with Gasteiger partial charge in [0.25, 0.3) is 0 Å². The van der Waals surface area contributed by atoms with Gasteiger partial charge in [-0.25, -0.2) is 0 Å². The molecule has 0 bridgehead atoms. The zero-order valence-electron chi connectivity index (χ0n) is 13.6. The first-order chi connectivity index (χ1) is 11.3. The van der Waals surface area contributed by atoms with Crippen molar-refractivity contribution < 1.29 is 0 Å². The lowest BCUT2D eigenvalue weighted by Crippen LogP contribution is -2.12. The second kappa shape index (κ2) is 6.49. The summed E-state index contributed by atoms with van der Waals surface area (Å²) in [5.74, 6) is 0.128. The first-order valence-corrected chi connectivity index (χ1v) is 10.8. The molecule has 4 N–H and O–H groups in total. The monoisotopic (exact) mass is 378 g/mol. The van der Waals surface area contributed by atoms with Gasteiger partial charge in [-0.2, -0.15) is 10.2 Å². The van der Waals surface area contributed by atoms with Gasteiger partial charge in [0, 0.05) is 32.1 Å². The van der Waals surface area contributed by atoms with Crippen LogP contribution in [0.2, 0.25) is 5.02 Å². The molecular formula is C19H20Cl2N2S. The van der Waals surface area contributed by atoms with Crippen LogP contribution in [0, 0.1) is 0 Å². The average Bonchev–Trinajstić information content (AvgIpc) is 2.94. The molecule has 1 aliphatic rings. The summed E-state index contributed by atoms with van der Waals surface area (Å²) in [5.41, 5.74) is 10.0. The van der Waals surface area contributed by atoms with E-state index in [2.05, 4.69) is 30.7 Å². The molecule has 0 saturated carbocycles. The maximum atomic E-state index is 6.62. The largest absolute Gasteiger partial charge is 0.398 e. The molecule has 0 spiro atoms. The van der Waals surface area contributed by atoms with Gasteiger partial charge in [0.15, 0.2) is 0 Å². The van der Waals surface area contributed by atoms with Crippen molar-refractivity contribution in [2.75, 3.05) is 18.2 Å². The van der Waals surface area contributed by atoms with Crippen molar-refractivity contribution in [3.8, 4) is 11.1 Å². The van der Waals surface area contributed by atoms with Crippen molar-refractivity contribution in [3.05, 3.63) is 70.2 Å². The number of hydrogen-bond donors (Lipinski definition) is 2. The maximum Gasteiger partial charge on any atom is 0.0413 e. The SMILES string of the molecule is CS(C)(N)c1c(-c2cc(Cl)ccc2N)cccc1C1C=CC(Cl)=C1. The van der Waals surface area contributed by atoms with Crippen LogP contribution in [0.4, 0.5) is 5.69 Å². The minimum atomic E-state index is -1.50. The molecule has 1 aliphatic carbocycles. The van der Waals surface area contributed by atoms with Crippen LogP contribution in [-0.4, -0.2) is 12.5 Å². The lowest BCUT2D eigenvalue weighted by Gasteiger charge is -2.32. The van der Waals surface area contributed by atoms with Crippen LogP contribution >= 0.6 is 33.4 Å². The number of rotatable bonds is 3. The normalized spacial score (nSPS) is 17.9. The fourth-order valence-corrected chi connectivity index (χ4v) is 4.99. The number of halogens is 2. The lowest BCUT2D eigenvalue weighted by molar-refractivity contribution is 1.05. The van der Waals surface area contributed by atoms with E-state index < -0.39 is 10.2 Å². The Balaban J connectivity index is 2.28. The van der Waals surface area contributed by atoms with Gasteiger partial charge in [-0.1, -0.05) is 53.6 Å². The zero-order valence-corrected chi connectivity index (χ0v) is 15.9. The van der Waals surface area contributed by atoms with Gasteiger partial charge in [0.05, 0.1) is 0 Å². The van der Waals surface area contributed by atoms with Crippen LogP contribution in [0.15, 0.2) is 64.6 Å². The fraction of sp³-hybridized carbons (Fsp3) is 0.158. The Morgan fingerprint density at radius 1 is 1.04 bits per heavy atom. The molecule has 0 fully saturated rings. The average molecular weight is 379 g/mol. The predicted molar refractivity (Wildman–Crippen MR) is 109 cm³/mol. The van der Waals surface area contributed by atoms with Gasteiger partial charge in [-0.15, -0.1) is 0 Å². The van der Waals surface area contributed by atoms with Crippen molar-refractivity contribution in [3.63, 3.8) is 0 Å². The molecule has 126 valence electrons. The summed E-state index contributed by atoms with van der Waals surface area (Å²) in [6.07, 6.45) is 10.2. The van der Waals surface area contributed by atoms with E-state index in [-0.39, 0.29) is 5.92 Å². The molecule has 1 atom stereocenters. The molecule has 2 nitrogen and oxygen atoms in total. The molecule has 0 aliphatic heterocycles. The van der Waals surface area contributed by atoms with Crippen molar-refractivity contribution >= 4 is 39.1 Å². The van der Waals surface area contributed by atoms with Gasteiger partial charge >= 0.3 is 0 Å². The Morgan fingerprint density at radius 3 is 2.42 bits per heavy atom. The topological polar surface area (TPSA) is 52.0 Å². The van der Waals surface area contributed by atoms with Gasteiger partial charge in [0.2, 0.25) is 0 Å². The quantitative estimate of drug-likeness (QED) is 0.676. The molecule has 5 heteroatoms. The molecule has 0 radical (unpaired) electrons. The molecule has 1 unspecified atom stereocenters. The predicted octanol–water partition coefficient (Wildman–Crippen LogP) is 5.66. The van der Waals surface area contributed by atoms with Crippen molar-refractivity contribution in [2.24, 2.45) is 5.14 Å². The molecule has 0 aromatic heterocycles. The highest BCUT2D eigenvalue weighted by molar-refractivity contribution is 8.31. The van der Waals surface area contributed by atoms with Crippen molar-refractivity contribution in [1.82, 2.24) is 0 Å². The maximum absolute atomic E-state index is 6.62. The fourth-order valence-electron chi connectivity index (χ4n) is 3.05. The number of nitrogen functional groups attached to an aromatic ring is 1. The summed E-state index contributed by atoms with van der Waals surface area (Å²) in [5, 5.41) is 8.03. The van der Waals surface area contributed by atoms with Gasteiger partial charge in [-0.3, -0.25) is 5.14 Å². The van der Waals surface area contributed by atoms with Crippen molar-refractivity contribution in [2.45, 2.75) is 10.8 Å². The van der Waals surface area contributed by atoms with E-state index in [1.165, 1.54) is 5.56 Å². The minimum Gasteiger partial charge on any atom is -0.398 e. The Morgan fingerprint density at radius 2 is 1.79 bits per heavy atom. The standard InChI is InChI=1S/C19H20Cl2N2S/c1-24(2,23)19-15(12-6-7-13(20)10-12)4-3-5-16(19)17-11-14(21)8-9-18(17)22/h3-12H,22-23H2,1-2H3. The van der Waals surface area contributed by atoms with Crippen LogP contribution < -0.4 is 10.9 Å². The highest BCUT2D eigenvalue weighted by Gasteiger charge is 2.24. The van der Waals surface area contributed by atoms with Gasteiger partial charge in [0.1, 0.15) is 0 Å². The van der Waals surface area contributed by atoms with Crippen LogP contribution in [0.3, 0.4) is 0 Å². The Bertz CT molecular complexity index is 851. The minimum absolute atomic E-state index is 0.128. The molecule has 2 aromatic carbocycles. The van der Waals surface area contributed by atoms with Crippen LogP contribution in [0.5, 0.6) is 0 Å². The second-order valence-electron chi connectivity index (χ2n) is 6.30. The lowest BCUT2D eigenvalue weighted by atomic mass is 9.95. The molecule has 2 aromatic rings. The third kappa shape index (κ3) is 3.35. The molecular weight excluding hydrogens is 359 g/mol. The van der Waals surface area contributed by atoms with E-state index in [1.807, 2.05) is 30.4 Å². The molecule has 0 heterocycles. The Hall–Kier alpha value is -1.39. The van der Waals surface area contributed by atoms with E-state index in [1.54, 1.807) is 6.07 Å². The van der Waals surface area contributed by atoms with Gasteiger partial charge < -0.3 is 5.73 Å². The Labute approximate surface area is 154 Å². The third-order valence-corrected chi connectivity index (χ3v) is 6.03. The van der Waals surface area contributed by atoms with Crippen LogP contribution in [0.25, 0.3) is 11.1 Å². The summed E-state index contributed by atoms with van der Waals surface area (Å²) in [7, 11) is -1.50. The highest BCUT2D eigenvalue weighted by Crippen LogP contribution is 2.52. The summed E-state index contributed by atoms with van der Waals surface area (Å²) >= 11 is 12.3. The van der Waals surface area contributed by atoms with Crippen LogP contribution in [-0.2, 0) is 0 Å². The number of anilines is 1. The molecule has 0 saturated heterocycles. The number of hydrogen-bond acceptors (Lipinski definition) is 2. The molecule has 24 heavy (non-hydrogen) atoms. The van der Waals surface area contributed by atoms with E-state index >= 15 is 0 Å². The summed E-state index contributed by atoms with van der Waals surface area (Å²) in [4.78, 5) is 1.14. The summed E-state index contributed by atoms with van der Waals surface area (Å²) in [6.45, 7) is 0. The van der Waals surface area contributed by atoms with E-state index in [9.17, 15) is 0 Å². The third-order valence-electron chi connectivity index (χ3n) is 4.04. The summed E-state index contributed by atoms with van der Waals surface area (Å²) < 4.78 is 0. The van der Waals surface area contributed by atoms with E-state index in [0.717, 1.165) is 21.1 Å². The second-order valence-corrected chi connectivity index (χ2v) is 10.4. The van der Waals surface area contributed by atoms with Crippen LogP contribution in [0.1, 0.15) is 11.5 Å². The van der Waals surface area contributed by atoms with E-state index in [4.69, 9.17) is 34.1 Å². The zero-order chi connectivity index (χ0) is 17.5. The first kappa shape index (κ1) is 17.4. The summed E-state index contributed by atoms with van der Waals surface area (Å²) in [6, 6.07) is 11.7. The highest BCUT2D eigenvalue weighted by atomic mass is 35.5. The number of nitrogens with two attached hydrogens (primary N) is 2. The van der Waals surface area contributed by atoms with E-state index in [0.29, 0.717) is 10.7 Å².